The number of carbonyl (C=O) groups excluding carboxylic acids is 2. The van der Waals surface area contributed by atoms with Gasteiger partial charge in [-0.3, -0.25) is 4.79 Å². The van der Waals surface area contributed by atoms with E-state index in [1.54, 1.807) is 11.5 Å². The van der Waals surface area contributed by atoms with Crippen LogP contribution in [0.2, 0.25) is 0 Å². The lowest BCUT2D eigenvalue weighted by atomic mass is 9.65. The molecule has 2 aliphatic rings. The number of nitrogens with zero attached hydrogens (tertiary/aromatic N) is 2. The first-order chi connectivity index (χ1) is 12.2. The number of likely N-dealkylation sites (tertiary alicyclic amines) is 1. The van der Waals surface area contributed by atoms with Gasteiger partial charge in [-0.2, -0.15) is 0 Å². The number of anilines is 1. The summed E-state index contributed by atoms with van der Waals surface area (Å²) in [5, 5.41) is 5.28. The van der Waals surface area contributed by atoms with Crippen LogP contribution in [0.15, 0.2) is 18.0 Å². The number of nitrogens with one attached hydrogen (secondary N) is 1. The lowest BCUT2D eigenvalue weighted by molar-refractivity contribution is -0.135. The van der Waals surface area contributed by atoms with E-state index >= 15 is 0 Å². The highest BCUT2D eigenvalue weighted by Gasteiger charge is 2.50. The number of rotatable bonds is 6. The van der Waals surface area contributed by atoms with Crippen molar-refractivity contribution < 1.29 is 14.3 Å². The molecule has 1 aromatic rings. The van der Waals surface area contributed by atoms with Crippen LogP contribution in [0, 0.1) is 10.8 Å². The maximum absolute atomic E-state index is 12.6. The molecule has 6 nitrogen and oxygen atoms in total. The number of hydrogen-bond donors (Lipinski definition) is 1. The topological polar surface area (TPSA) is 71.5 Å². The van der Waals surface area contributed by atoms with Crippen LogP contribution in [-0.2, 0) is 9.53 Å². The normalized spacial score (nSPS) is 26.4. The van der Waals surface area contributed by atoms with Crippen molar-refractivity contribution in [1.82, 2.24) is 9.88 Å². The van der Waals surface area contributed by atoms with E-state index in [0.717, 1.165) is 25.8 Å². The number of thiazole rings is 1. The molecule has 7 heteroatoms. The van der Waals surface area contributed by atoms with Crippen LogP contribution in [0.5, 0.6) is 0 Å². The van der Waals surface area contributed by atoms with Gasteiger partial charge in [-0.25, -0.2) is 9.78 Å². The molecule has 1 aromatic heterocycles. The minimum Gasteiger partial charge on any atom is -0.451 e. The van der Waals surface area contributed by atoms with Gasteiger partial charge >= 0.3 is 5.97 Å². The highest BCUT2D eigenvalue weighted by atomic mass is 32.1. The molecule has 142 valence electrons. The largest absolute Gasteiger partial charge is 0.451 e. The summed E-state index contributed by atoms with van der Waals surface area (Å²) < 4.78 is 5.22. The fourth-order valence-corrected chi connectivity index (χ4v) is 5.33. The van der Waals surface area contributed by atoms with Gasteiger partial charge in [0, 0.05) is 24.5 Å². The molecule has 1 aliphatic carbocycles. The van der Waals surface area contributed by atoms with Gasteiger partial charge in [-0.05, 0) is 30.1 Å². The number of aromatic nitrogens is 1. The van der Waals surface area contributed by atoms with Crippen molar-refractivity contribution in [2.75, 3.05) is 25.0 Å². The summed E-state index contributed by atoms with van der Waals surface area (Å²) in [4.78, 5) is 30.9. The number of carbonyl (C=O) groups is 2. The van der Waals surface area contributed by atoms with E-state index in [1.807, 2.05) is 4.90 Å². The SMILES string of the molecule is C=CCNc1nc(C(=O)OCC(=O)N2C[C@@]3(C)C[C@H]2CC(C)(C)C3)cs1. The van der Waals surface area contributed by atoms with Crippen molar-refractivity contribution in [3.8, 4) is 0 Å². The Kier molecular flexibility index (Phi) is 5.10. The van der Waals surface area contributed by atoms with Gasteiger partial charge in [0.1, 0.15) is 0 Å². The first-order valence-corrected chi connectivity index (χ1v) is 9.86. The monoisotopic (exact) mass is 377 g/mol. The zero-order valence-electron chi connectivity index (χ0n) is 15.7. The van der Waals surface area contributed by atoms with Crippen LogP contribution in [0.4, 0.5) is 5.13 Å². The third kappa shape index (κ3) is 4.09. The minimum atomic E-state index is -0.560. The molecule has 0 spiro atoms. The van der Waals surface area contributed by atoms with Crippen molar-refractivity contribution in [3.05, 3.63) is 23.7 Å². The van der Waals surface area contributed by atoms with Gasteiger partial charge in [0.25, 0.3) is 5.91 Å². The summed E-state index contributed by atoms with van der Waals surface area (Å²) in [6, 6.07) is 0.254. The molecular formula is C19H27N3O3S. The Hall–Kier alpha value is -1.89. The van der Waals surface area contributed by atoms with E-state index in [1.165, 1.54) is 11.3 Å². The van der Waals surface area contributed by atoms with Crippen LogP contribution in [0.1, 0.15) is 50.5 Å². The first-order valence-electron chi connectivity index (χ1n) is 8.98. The Balaban J connectivity index is 1.55. The third-order valence-corrected chi connectivity index (χ3v) is 5.97. The number of hydrogen-bond acceptors (Lipinski definition) is 6. The second-order valence-corrected chi connectivity index (χ2v) is 9.38. The van der Waals surface area contributed by atoms with Crippen LogP contribution >= 0.6 is 11.3 Å². The molecular weight excluding hydrogens is 350 g/mol. The Morgan fingerprint density at radius 2 is 2.23 bits per heavy atom. The standard InChI is InChI=1S/C19H27N3O3S/c1-5-6-20-17-21-14(10-26-17)16(24)25-9-15(23)22-12-19(4)8-13(22)7-18(2,3)11-19/h5,10,13H,1,6-9,11-12H2,2-4H3,(H,20,21)/t13-,19+/m1/s1. The quantitative estimate of drug-likeness (QED) is 0.608. The van der Waals surface area contributed by atoms with Crippen molar-refractivity contribution in [2.24, 2.45) is 10.8 Å². The van der Waals surface area contributed by atoms with Crippen LogP contribution < -0.4 is 5.32 Å². The maximum atomic E-state index is 12.6. The molecule has 26 heavy (non-hydrogen) atoms. The summed E-state index contributed by atoms with van der Waals surface area (Å²) >= 11 is 1.32. The smallest absolute Gasteiger partial charge is 0.358 e. The molecule has 1 N–H and O–H groups in total. The predicted octanol–water partition coefficient (Wildman–Crippen LogP) is 3.33. The molecule has 1 saturated carbocycles. The molecule has 0 aromatic carbocycles. The number of fused-ring (bicyclic) bond motifs is 2. The van der Waals surface area contributed by atoms with E-state index in [4.69, 9.17) is 4.74 Å². The summed E-state index contributed by atoms with van der Waals surface area (Å²) in [6.07, 6.45) is 4.89. The van der Waals surface area contributed by atoms with Gasteiger partial charge in [0.15, 0.2) is 17.4 Å². The number of esters is 1. The number of ether oxygens (including phenoxy) is 1. The van der Waals surface area contributed by atoms with Crippen molar-refractivity contribution >= 4 is 28.3 Å². The molecule has 3 rings (SSSR count). The molecule has 0 radical (unpaired) electrons. The van der Waals surface area contributed by atoms with Gasteiger partial charge in [0.2, 0.25) is 0 Å². The summed E-state index contributed by atoms with van der Waals surface area (Å²) in [6.45, 7) is 11.5. The first kappa shape index (κ1) is 18.9. The van der Waals surface area contributed by atoms with Gasteiger partial charge < -0.3 is 15.0 Å². The second-order valence-electron chi connectivity index (χ2n) is 8.52. The summed E-state index contributed by atoms with van der Waals surface area (Å²) in [5.41, 5.74) is 0.647. The molecule has 1 saturated heterocycles. The van der Waals surface area contributed by atoms with Crippen LogP contribution in [0.25, 0.3) is 0 Å². The average molecular weight is 378 g/mol. The van der Waals surface area contributed by atoms with E-state index in [9.17, 15) is 9.59 Å². The van der Waals surface area contributed by atoms with Crippen LogP contribution in [0.3, 0.4) is 0 Å². The Morgan fingerprint density at radius 1 is 1.46 bits per heavy atom. The zero-order chi connectivity index (χ0) is 18.9. The van der Waals surface area contributed by atoms with E-state index in [-0.39, 0.29) is 35.1 Å². The van der Waals surface area contributed by atoms with Crippen LogP contribution in [-0.4, -0.2) is 47.5 Å². The third-order valence-electron chi connectivity index (χ3n) is 5.17. The maximum Gasteiger partial charge on any atom is 0.358 e. The Labute approximate surface area is 158 Å². The van der Waals surface area contributed by atoms with Crippen molar-refractivity contribution in [3.63, 3.8) is 0 Å². The molecule has 0 unspecified atom stereocenters. The van der Waals surface area contributed by atoms with E-state index < -0.39 is 5.97 Å². The van der Waals surface area contributed by atoms with E-state index in [2.05, 4.69) is 37.7 Å². The highest BCUT2D eigenvalue weighted by Crippen LogP contribution is 2.52. The summed E-state index contributed by atoms with van der Waals surface area (Å²) in [5.74, 6) is -0.667. The predicted molar refractivity (Wildman–Crippen MR) is 102 cm³/mol. The zero-order valence-corrected chi connectivity index (χ0v) is 16.5. The lowest BCUT2D eigenvalue weighted by Crippen LogP contribution is -2.39. The average Bonchev–Trinajstić information content (AvgIpc) is 3.11. The molecule has 2 atom stereocenters. The fraction of sp³-hybridized carbons (Fsp3) is 0.632. The number of amides is 1. The van der Waals surface area contributed by atoms with Crippen molar-refractivity contribution in [1.29, 1.82) is 0 Å². The van der Waals surface area contributed by atoms with Gasteiger partial charge in [-0.15, -0.1) is 17.9 Å². The molecule has 2 fully saturated rings. The minimum absolute atomic E-state index is 0.106. The van der Waals surface area contributed by atoms with E-state index in [0.29, 0.717) is 11.7 Å². The second kappa shape index (κ2) is 7.02. The molecule has 1 aliphatic heterocycles. The van der Waals surface area contributed by atoms with Crippen molar-refractivity contribution in [2.45, 2.75) is 46.1 Å². The van der Waals surface area contributed by atoms with Gasteiger partial charge in [-0.1, -0.05) is 26.8 Å². The lowest BCUT2D eigenvalue weighted by Gasteiger charge is -2.39. The summed E-state index contributed by atoms with van der Waals surface area (Å²) in [7, 11) is 0. The Morgan fingerprint density at radius 3 is 2.96 bits per heavy atom. The molecule has 1 amide bonds. The van der Waals surface area contributed by atoms with Gasteiger partial charge in [0.05, 0.1) is 0 Å². The Bertz CT molecular complexity index is 715. The molecule has 2 bridgehead atoms. The fourth-order valence-electron chi connectivity index (χ4n) is 4.64. The highest BCUT2D eigenvalue weighted by molar-refractivity contribution is 7.13. The molecule has 2 heterocycles.